The van der Waals surface area contributed by atoms with E-state index in [-0.39, 0.29) is 0 Å². The first-order valence-electron chi connectivity index (χ1n) is 4.09. The van der Waals surface area contributed by atoms with Crippen LogP contribution >= 0.6 is 0 Å². The van der Waals surface area contributed by atoms with E-state index < -0.39 is 7.12 Å². The van der Waals surface area contributed by atoms with Crippen LogP contribution in [-0.2, 0) is 0 Å². The lowest BCUT2D eigenvalue weighted by Crippen LogP contribution is -2.30. The minimum absolute atomic E-state index is 0.362. The third-order valence-electron chi connectivity index (χ3n) is 1.81. The second-order valence-electron chi connectivity index (χ2n) is 2.77. The van der Waals surface area contributed by atoms with Gasteiger partial charge in [0.2, 0.25) is 0 Å². The molecule has 0 spiro atoms. The molecule has 2 aromatic rings. The number of hydrogen-bond donors (Lipinski definition) is 2. The van der Waals surface area contributed by atoms with Gasteiger partial charge in [-0.05, 0) is 12.1 Å². The van der Waals surface area contributed by atoms with Crippen LogP contribution in [0.1, 0.15) is 0 Å². The van der Waals surface area contributed by atoms with E-state index in [2.05, 4.69) is 10.1 Å². The Labute approximate surface area is 80.8 Å². The highest BCUT2D eigenvalue weighted by Crippen LogP contribution is 1.98. The molecule has 0 atom stereocenters. The van der Waals surface area contributed by atoms with Crippen molar-refractivity contribution in [2.75, 3.05) is 0 Å². The van der Waals surface area contributed by atoms with E-state index in [1.807, 2.05) is 0 Å². The average molecular weight is 189 g/mol. The molecule has 0 unspecified atom stereocenters. The normalized spacial score (nSPS) is 10.1. The molecule has 2 aromatic heterocycles. The van der Waals surface area contributed by atoms with Crippen LogP contribution in [0.15, 0.2) is 36.8 Å². The highest BCUT2D eigenvalue weighted by molar-refractivity contribution is 6.58. The van der Waals surface area contributed by atoms with Crippen molar-refractivity contribution in [3.05, 3.63) is 36.8 Å². The zero-order chi connectivity index (χ0) is 9.97. The predicted molar refractivity (Wildman–Crippen MR) is 51.2 cm³/mol. The SMILES string of the molecule is OB(O)c1ccc(-n2cccn2)nc1. The molecule has 2 N–H and O–H groups in total. The molecule has 70 valence electrons. The van der Waals surface area contributed by atoms with Gasteiger partial charge in [0.05, 0.1) is 0 Å². The van der Waals surface area contributed by atoms with Gasteiger partial charge in [-0.15, -0.1) is 0 Å². The van der Waals surface area contributed by atoms with Crippen molar-refractivity contribution in [1.82, 2.24) is 14.8 Å². The molecule has 0 saturated heterocycles. The molecule has 0 radical (unpaired) electrons. The van der Waals surface area contributed by atoms with Gasteiger partial charge in [0.15, 0.2) is 5.82 Å². The van der Waals surface area contributed by atoms with Crippen LogP contribution in [-0.4, -0.2) is 31.9 Å². The topological polar surface area (TPSA) is 71.2 Å². The summed E-state index contributed by atoms with van der Waals surface area (Å²) in [6, 6.07) is 5.05. The molecule has 5 nitrogen and oxygen atoms in total. The number of aromatic nitrogens is 3. The molecule has 14 heavy (non-hydrogen) atoms. The molecular formula is C8H8BN3O2. The summed E-state index contributed by atoms with van der Waals surface area (Å²) >= 11 is 0. The van der Waals surface area contributed by atoms with Gasteiger partial charge in [-0.1, -0.05) is 6.07 Å². The number of hydrogen-bond acceptors (Lipinski definition) is 4. The predicted octanol–water partition coefficient (Wildman–Crippen LogP) is -1.05. The molecular weight excluding hydrogens is 181 g/mol. The van der Waals surface area contributed by atoms with E-state index in [1.54, 1.807) is 35.3 Å². The first-order valence-corrected chi connectivity index (χ1v) is 4.09. The molecule has 2 heterocycles. The van der Waals surface area contributed by atoms with Crippen LogP contribution in [0.4, 0.5) is 0 Å². The number of pyridine rings is 1. The van der Waals surface area contributed by atoms with E-state index in [9.17, 15) is 0 Å². The summed E-state index contributed by atoms with van der Waals surface area (Å²) < 4.78 is 1.59. The van der Waals surface area contributed by atoms with E-state index >= 15 is 0 Å². The summed E-state index contributed by atoms with van der Waals surface area (Å²) in [4.78, 5) is 4.02. The Balaban J connectivity index is 2.31. The molecule has 0 aliphatic carbocycles. The largest absolute Gasteiger partial charge is 0.490 e. The van der Waals surface area contributed by atoms with Crippen LogP contribution < -0.4 is 5.46 Å². The molecule has 0 aromatic carbocycles. The molecule has 0 saturated carbocycles. The smallest absolute Gasteiger partial charge is 0.423 e. The number of rotatable bonds is 2. The van der Waals surface area contributed by atoms with Gasteiger partial charge in [0.25, 0.3) is 0 Å². The minimum Gasteiger partial charge on any atom is -0.423 e. The van der Waals surface area contributed by atoms with E-state index in [0.29, 0.717) is 11.3 Å². The van der Waals surface area contributed by atoms with Gasteiger partial charge in [-0.3, -0.25) is 0 Å². The third kappa shape index (κ3) is 1.66. The Bertz CT molecular complexity index is 399. The highest BCUT2D eigenvalue weighted by atomic mass is 16.4. The lowest BCUT2D eigenvalue weighted by atomic mass is 9.82. The molecule has 6 heteroatoms. The van der Waals surface area contributed by atoms with Crippen molar-refractivity contribution in [3.8, 4) is 5.82 Å². The molecule has 0 aliphatic rings. The fraction of sp³-hybridized carbons (Fsp3) is 0. The molecule has 0 aliphatic heterocycles. The zero-order valence-electron chi connectivity index (χ0n) is 7.28. The third-order valence-corrected chi connectivity index (χ3v) is 1.81. The summed E-state index contributed by atoms with van der Waals surface area (Å²) in [5, 5.41) is 21.7. The molecule has 0 fully saturated rings. The van der Waals surface area contributed by atoms with E-state index in [4.69, 9.17) is 10.0 Å². The summed E-state index contributed by atoms with van der Waals surface area (Å²) in [6.45, 7) is 0. The average Bonchev–Trinajstić information content (AvgIpc) is 2.71. The van der Waals surface area contributed by atoms with E-state index in [0.717, 1.165) is 0 Å². The quantitative estimate of drug-likeness (QED) is 0.591. The van der Waals surface area contributed by atoms with E-state index in [1.165, 1.54) is 6.20 Å². The first-order chi connectivity index (χ1) is 6.77. The molecule has 2 rings (SSSR count). The number of nitrogens with zero attached hydrogens (tertiary/aromatic N) is 3. The standard InChI is InChI=1S/C8H8BN3O2/c13-9(14)7-2-3-8(10-6-7)12-5-1-4-11-12/h1-6,13-14H. The molecule has 0 bridgehead atoms. The summed E-state index contributed by atoms with van der Waals surface area (Å²) in [6.07, 6.45) is 4.82. The van der Waals surface area contributed by atoms with Crippen molar-refractivity contribution in [1.29, 1.82) is 0 Å². The lowest BCUT2D eigenvalue weighted by Gasteiger charge is -2.01. The van der Waals surface area contributed by atoms with Gasteiger partial charge in [-0.25, -0.2) is 9.67 Å². The summed E-state index contributed by atoms with van der Waals surface area (Å²) in [5.74, 6) is 0.638. The lowest BCUT2D eigenvalue weighted by molar-refractivity contribution is 0.425. The van der Waals surface area contributed by atoms with Gasteiger partial charge >= 0.3 is 7.12 Å². The first kappa shape index (κ1) is 8.92. The Morgan fingerprint density at radius 3 is 2.64 bits per heavy atom. The Morgan fingerprint density at radius 1 is 1.29 bits per heavy atom. The van der Waals surface area contributed by atoms with Crippen molar-refractivity contribution in [2.24, 2.45) is 0 Å². The Morgan fingerprint density at radius 2 is 2.14 bits per heavy atom. The maximum Gasteiger partial charge on any atom is 0.490 e. The van der Waals surface area contributed by atoms with Crippen LogP contribution in [0.3, 0.4) is 0 Å². The van der Waals surface area contributed by atoms with Gasteiger partial charge in [-0.2, -0.15) is 5.10 Å². The second-order valence-corrected chi connectivity index (χ2v) is 2.77. The zero-order valence-corrected chi connectivity index (χ0v) is 7.28. The van der Waals surface area contributed by atoms with Gasteiger partial charge < -0.3 is 10.0 Å². The maximum atomic E-state index is 8.84. The van der Waals surface area contributed by atoms with Crippen LogP contribution in [0.5, 0.6) is 0 Å². The summed E-state index contributed by atoms with van der Waals surface area (Å²) in [7, 11) is -1.48. The van der Waals surface area contributed by atoms with Crippen LogP contribution in [0.25, 0.3) is 5.82 Å². The molecule has 0 amide bonds. The fourth-order valence-corrected chi connectivity index (χ4v) is 1.09. The fourth-order valence-electron chi connectivity index (χ4n) is 1.09. The second kappa shape index (κ2) is 3.61. The highest BCUT2D eigenvalue weighted by Gasteiger charge is 2.10. The maximum absolute atomic E-state index is 8.84. The van der Waals surface area contributed by atoms with Crippen molar-refractivity contribution in [3.63, 3.8) is 0 Å². The van der Waals surface area contributed by atoms with Gasteiger partial charge in [0, 0.05) is 24.1 Å². The van der Waals surface area contributed by atoms with Crippen molar-refractivity contribution >= 4 is 12.6 Å². The van der Waals surface area contributed by atoms with Crippen molar-refractivity contribution < 1.29 is 10.0 Å². The van der Waals surface area contributed by atoms with Gasteiger partial charge in [0.1, 0.15) is 0 Å². The Hall–Kier alpha value is -1.66. The van der Waals surface area contributed by atoms with Crippen molar-refractivity contribution in [2.45, 2.75) is 0 Å². The monoisotopic (exact) mass is 189 g/mol. The van der Waals surface area contributed by atoms with Crippen LogP contribution in [0, 0.1) is 0 Å². The van der Waals surface area contributed by atoms with Crippen LogP contribution in [0.2, 0.25) is 0 Å². The Kier molecular flexibility index (Phi) is 2.30. The minimum atomic E-state index is -1.48. The summed E-state index contributed by atoms with van der Waals surface area (Å²) in [5.41, 5.74) is 0.362.